The average Bonchev–Trinajstić information content (AvgIpc) is 2.84. The minimum absolute atomic E-state index is 0.00125. The van der Waals surface area contributed by atoms with Gasteiger partial charge in [-0.1, -0.05) is 6.07 Å². The fraction of sp³-hybridized carbons (Fsp3) is 0.167. The number of hydrogen-bond donors (Lipinski definition) is 1. The zero-order chi connectivity index (χ0) is 12.4. The molecule has 5 heteroatoms. The van der Waals surface area contributed by atoms with Gasteiger partial charge in [0.2, 0.25) is 0 Å². The van der Waals surface area contributed by atoms with Crippen LogP contribution in [-0.2, 0) is 0 Å². The van der Waals surface area contributed by atoms with Crippen molar-refractivity contribution in [3.63, 3.8) is 0 Å². The monoisotopic (exact) mass is 241 g/mol. The first-order valence-electron chi connectivity index (χ1n) is 4.99. The Morgan fingerprint density at radius 3 is 2.47 bits per heavy atom. The third kappa shape index (κ3) is 2.06. The van der Waals surface area contributed by atoms with Crippen molar-refractivity contribution in [2.45, 2.75) is 6.04 Å². The topological polar surface area (TPSA) is 25.2 Å². The Morgan fingerprint density at radius 2 is 1.88 bits per heavy atom. The minimum atomic E-state index is -1.48. The summed E-state index contributed by atoms with van der Waals surface area (Å²) >= 11 is 0. The second-order valence-electron chi connectivity index (χ2n) is 3.50. The van der Waals surface area contributed by atoms with Crippen LogP contribution >= 0.6 is 0 Å². The van der Waals surface area contributed by atoms with Gasteiger partial charge in [-0.25, -0.2) is 13.2 Å². The molecule has 1 unspecified atom stereocenters. The molecule has 0 fully saturated rings. The van der Waals surface area contributed by atoms with Crippen LogP contribution in [0.25, 0.3) is 0 Å². The quantitative estimate of drug-likeness (QED) is 0.835. The molecule has 0 saturated carbocycles. The Bertz CT molecular complexity index is 511. The lowest BCUT2D eigenvalue weighted by Crippen LogP contribution is -2.19. The molecular weight excluding hydrogens is 231 g/mol. The fourth-order valence-electron chi connectivity index (χ4n) is 1.67. The fourth-order valence-corrected chi connectivity index (χ4v) is 1.67. The molecule has 1 atom stereocenters. The second kappa shape index (κ2) is 4.63. The summed E-state index contributed by atoms with van der Waals surface area (Å²) in [5.41, 5.74) is 0.00125. The molecule has 0 radical (unpaired) electrons. The predicted octanol–water partition coefficient (Wildman–Crippen LogP) is 3.01. The summed E-state index contributed by atoms with van der Waals surface area (Å²) in [4.78, 5) is 0. The van der Waals surface area contributed by atoms with Crippen molar-refractivity contribution in [3.05, 3.63) is 59.3 Å². The molecule has 1 N–H and O–H groups in total. The molecule has 90 valence electrons. The van der Waals surface area contributed by atoms with E-state index in [1.807, 2.05) is 0 Å². The molecule has 17 heavy (non-hydrogen) atoms. The molecule has 1 aromatic carbocycles. The second-order valence-corrected chi connectivity index (χ2v) is 3.50. The van der Waals surface area contributed by atoms with E-state index in [0.29, 0.717) is 5.76 Å². The van der Waals surface area contributed by atoms with Crippen molar-refractivity contribution in [1.82, 2.24) is 5.32 Å². The van der Waals surface area contributed by atoms with Gasteiger partial charge in [0.15, 0.2) is 17.5 Å². The number of rotatable bonds is 3. The van der Waals surface area contributed by atoms with E-state index in [-0.39, 0.29) is 5.56 Å². The van der Waals surface area contributed by atoms with E-state index in [4.69, 9.17) is 4.42 Å². The molecule has 0 amide bonds. The Morgan fingerprint density at radius 1 is 1.12 bits per heavy atom. The Labute approximate surface area is 96.1 Å². The van der Waals surface area contributed by atoms with E-state index in [2.05, 4.69) is 5.32 Å². The van der Waals surface area contributed by atoms with Crippen molar-refractivity contribution >= 4 is 0 Å². The van der Waals surface area contributed by atoms with Crippen LogP contribution in [0.3, 0.4) is 0 Å². The molecule has 0 bridgehead atoms. The van der Waals surface area contributed by atoms with Crippen molar-refractivity contribution in [2.24, 2.45) is 0 Å². The first kappa shape index (κ1) is 11.7. The van der Waals surface area contributed by atoms with E-state index in [0.717, 1.165) is 6.07 Å². The molecular formula is C12H10F3NO. The molecule has 1 aromatic heterocycles. The van der Waals surface area contributed by atoms with Crippen LogP contribution in [0.2, 0.25) is 0 Å². The zero-order valence-corrected chi connectivity index (χ0v) is 9.01. The predicted molar refractivity (Wildman–Crippen MR) is 55.9 cm³/mol. The van der Waals surface area contributed by atoms with Crippen molar-refractivity contribution in [2.75, 3.05) is 7.05 Å². The standard InChI is InChI=1S/C12H10F3NO/c1-16-12(9-3-2-6-17-9)7-4-5-8(13)11(15)10(7)14/h2-6,12,16H,1H3. The first-order chi connectivity index (χ1) is 8.15. The molecule has 0 aliphatic rings. The third-order valence-electron chi connectivity index (χ3n) is 2.49. The number of hydrogen-bond acceptors (Lipinski definition) is 2. The van der Waals surface area contributed by atoms with Gasteiger partial charge in [-0.15, -0.1) is 0 Å². The lowest BCUT2D eigenvalue weighted by molar-refractivity contribution is 0.418. The Kier molecular flexibility index (Phi) is 3.19. The molecule has 0 aliphatic carbocycles. The summed E-state index contributed by atoms with van der Waals surface area (Å²) in [6, 6.07) is 4.69. The van der Waals surface area contributed by atoms with Gasteiger partial charge in [-0.3, -0.25) is 0 Å². The van der Waals surface area contributed by atoms with E-state index < -0.39 is 23.5 Å². The summed E-state index contributed by atoms with van der Waals surface area (Å²) < 4.78 is 44.6. The first-order valence-corrected chi connectivity index (χ1v) is 4.99. The van der Waals surface area contributed by atoms with Gasteiger partial charge in [-0.05, 0) is 25.2 Å². The van der Waals surface area contributed by atoms with Crippen molar-refractivity contribution in [1.29, 1.82) is 0 Å². The smallest absolute Gasteiger partial charge is 0.194 e. The Hall–Kier alpha value is -1.75. The van der Waals surface area contributed by atoms with Crippen molar-refractivity contribution in [3.8, 4) is 0 Å². The number of halogens is 3. The van der Waals surface area contributed by atoms with Gasteiger partial charge in [0, 0.05) is 5.56 Å². The highest BCUT2D eigenvalue weighted by molar-refractivity contribution is 5.29. The van der Waals surface area contributed by atoms with Crippen LogP contribution in [0.15, 0.2) is 34.9 Å². The summed E-state index contributed by atoms with van der Waals surface area (Å²) in [6.07, 6.45) is 1.43. The van der Waals surface area contributed by atoms with Crippen LogP contribution in [0, 0.1) is 17.5 Å². The van der Waals surface area contributed by atoms with E-state index in [1.54, 1.807) is 19.2 Å². The lowest BCUT2D eigenvalue weighted by atomic mass is 10.0. The summed E-state index contributed by atoms with van der Waals surface area (Å²) in [6.45, 7) is 0. The highest BCUT2D eigenvalue weighted by Crippen LogP contribution is 2.26. The van der Waals surface area contributed by atoms with Gasteiger partial charge in [-0.2, -0.15) is 0 Å². The van der Waals surface area contributed by atoms with Crippen LogP contribution in [0.1, 0.15) is 17.4 Å². The van der Waals surface area contributed by atoms with Gasteiger partial charge >= 0.3 is 0 Å². The Balaban J connectivity index is 2.49. The third-order valence-corrected chi connectivity index (χ3v) is 2.49. The summed E-state index contributed by atoms with van der Waals surface area (Å²) in [5, 5.41) is 2.79. The molecule has 0 aliphatic heterocycles. The lowest BCUT2D eigenvalue weighted by Gasteiger charge is -2.15. The minimum Gasteiger partial charge on any atom is -0.467 e. The van der Waals surface area contributed by atoms with Crippen molar-refractivity contribution < 1.29 is 17.6 Å². The average molecular weight is 241 g/mol. The molecule has 2 rings (SSSR count). The molecule has 2 nitrogen and oxygen atoms in total. The summed E-state index contributed by atoms with van der Waals surface area (Å²) in [5.74, 6) is -3.46. The zero-order valence-electron chi connectivity index (χ0n) is 9.01. The van der Waals surface area contributed by atoms with Gasteiger partial charge in [0.05, 0.1) is 12.3 Å². The van der Waals surface area contributed by atoms with E-state index >= 15 is 0 Å². The molecule has 0 spiro atoms. The summed E-state index contributed by atoms with van der Waals surface area (Å²) in [7, 11) is 1.58. The molecule has 1 heterocycles. The number of furan rings is 1. The molecule has 0 saturated heterocycles. The van der Waals surface area contributed by atoms with Gasteiger partial charge in [0.1, 0.15) is 5.76 Å². The van der Waals surface area contributed by atoms with Crippen LogP contribution < -0.4 is 5.32 Å². The number of benzene rings is 1. The maximum atomic E-state index is 13.6. The van der Waals surface area contributed by atoms with Gasteiger partial charge < -0.3 is 9.73 Å². The van der Waals surface area contributed by atoms with E-state index in [9.17, 15) is 13.2 Å². The number of nitrogens with one attached hydrogen (secondary N) is 1. The maximum absolute atomic E-state index is 13.6. The normalized spacial score (nSPS) is 12.7. The van der Waals surface area contributed by atoms with Crippen LogP contribution in [0.5, 0.6) is 0 Å². The molecule has 2 aromatic rings. The maximum Gasteiger partial charge on any atom is 0.194 e. The highest BCUT2D eigenvalue weighted by Gasteiger charge is 2.22. The highest BCUT2D eigenvalue weighted by atomic mass is 19.2. The SMILES string of the molecule is CNC(c1ccco1)c1ccc(F)c(F)c1F. The van der Waals surface area contributed by atoms with E-state index in [1.165, 1.54) is 12.3 Å². The largest absolute Gasteiger partial charge is 0.467 e. The van der Waals surface area contributed by atoms with Gasteiger partial charge in [0.25, 0.3) is 0 Å². The van der Waals surface area contributed by atoms with Crippen LogP contribution in [0.4, 0.5) is 13.2 Å². The van der Waals surface area contributed by atoms with Crippen LogP contribution in [-0.4, -0.2) is 7.05 Å².